The highest BCUT2D eigenvalue weighted by Crippen LogP contribution is 2.36. The number of aromatic nitrogens is 4. The third kappa shape index (κ3) is 3.42. The number of rotatable bonds is 4. The van der Waals surface area contributed by atoms with E-state index in [1.165, 1.54) is 10.1 Å². The highest BCUT2D eigenvalue weighted by atomic mass is 19.1. The SMILES string of the molecule is C[C@@H]1CN(c2ccc(C#N)n3ncc(F)c23)Cc2c3c(nn21)CN(CC(C)(C)C(=O)O)[C@@H](C)C3. The van der Waals surface area contributed by atoms with E-state index in [4.69, 9.17) is 5.10 Å². The molecule has 1 N–H and O–H groups in total. The summed E-state index contributed by atoms with van der Waals surface area (Å²) in [6.07, 6.45) is 1.93. The van der Waals surface area contributed by atoms with Gasteiger partial charge in [-0.1, -0.05) is 0 Å². The number of hydrogen-bond donors (Lipinski definition) is 1. The Morgan fingerprint density at radius 3 is 2.76 bits per heavy atom. The van der Waals surface area contributed by atoms with Crippen LogP contribution in [0.2, 0.25) is 0 Å². The lowest BCUT2D eigenvalue weighted by atomic mass is 9.89. The van der Waals surface area contributed by atoms with Crippen LogP contribution in [0.4, 0.5) is 10.1 Å². The summed E-state index contributed by atoms with van der Waals surface area (Å²) in [5.41, 5.74) is 3.76. The molecule has 0 amide bonds. The number of anilines is 1. The minimum atomic E-state index is -0.842. The van der Waals surface area contributed by atoms with Gasteiger partial charge in [0.25, 0.3) is 0 Å². The van der Waals surface area contributed by atoms with E-state index >= 15 is 0 Å². The molecular weight excluding hydrogens is 437 g/mol. The van der Waals surface area contributed by atoms with Crippen LogP contribution in [0.15, 0.2) is 18.3 Å². The molecule has 178 valence electrons. The van der Waals surface area contributed by atoms with Crippen molar-refractivity contribution < 1.29 is 14.3 Å². The second kappa shape index (κ2) is 7.81. The number of carboxylic acid groups (broad SMARTS) is 1. The number of nitriles is 1. The van der Waals surface area contributed by atoms with Crippen molar-refractivity contribution in [3.05, 3.63) is 46.8 Å². The highest BCUT2D eigenvalue weighted by molar-refractivity contribution is 5.75. The monoisotopic (exact) mass is 465 g/mol. The second-order valence-corrected chi connectivity index (χ2v) is 10.2. The van der Waals surface area contributed by atoms with Crippen LogP contribution >= 0.6 is 0 Å². The Morgan fingerprint density at radius 2 is 2.06 bits per heavy atom. The van der Waals surface area contributed by atoms with Gasteiger partial charge in [0.15, 0.2) is 5.82 Å². The fourth-order valence-corrected chi connectivity index (χ4v) is 5.22. The van der Waals surface area contributed by atoms with Crippen molar-refractivity contribution in [2.45, 2.75) is 59.3 Å². The van der Waals surface area contributed by atoms with Crippen molar-refractivity contribution in [1.82, 2.24) is 24.3 Å². The molecule has 0 bridgehead atoms. The summed E-state index contributed by atoms with van der Waals surface area (Å²) in [5.74, 6) is -1.26. The van der Waals surface area contributed by atoms with Crippen molar-refractivity contribution in [1.29, 1.82) is 5.26 Å². The van der Waals surface area contributed by atoms with Gasteiger partial charge >= 0.3 is 5.97 Å². The summed E-state index contributed by atoms with van der Waals surface area (Å²) < 4.78 is 18.1. The molecule has 0 radical (unpaired) electrons. The Kier molecular flexibility index (Phi) is 5.13. The molecule has 2 atom stereocenters. The molecule has 2 aliphatic heterocycles. The van der Waals surface area contributed by atoms with E-state index in [-0.39, 0.29) is 17.8 Å². The van der Waals surface area contributed by atoms with E-state index < -0.39 is 17.2 Å². The van der Waals surface area contributed by atoms with Crippen LogP contribution in [0.1, 0.15) is 56.4 Å². The topological polar surface area (TPSA) is 103 Å². The first-order valence-corrected chi connectivity index (χ1v) is 11.5. The number of carboxylic acids is 1. The second-order valence-electron chi connectivity index (χ2n) is 10.2. The molecule has 0 aliphatic carbocycles. The molecule has 0 saturated heterocycles. The predicted molar refractivity (Wildman–Crippen MR) is 123 cm³/mol. The number of carbonyl (C=O) groups is 1. The molecule has 5 rings (SSSR count). The molecule has 0 spiro atoms. The van der Waals surface area contributed by atoms with Crippen molar-refractivity contribution in [3.63, 3.8) is 0 Å². The van der Waals surface area contributed by atoms with Crippen LogP contribution in [-0.2, 0) is 24.3 Å². The number of hydrogen-bond acceptors (Lipinski definition) is 6. The normalized spacial score (nSPS) is 20.8. The average Bonchev–Trinajstić information content (AvgIpc) is 3.34. The van der Waals surface area contributed by atoms with Gasteiger partial charge in [-0.2, -0.15) is 15.5 Å². The van der Waals surface area contributed by atoms with E-state index in [1.54, 1.807) is 26.0 Å². The first-order valence-electron chi connectivity index (χ1n) is 11.5. The molecule has 10 heteroatoms. The van der Waals surface area contributed by atoms with Gasteiger partial charge < -0.3 is 10.0 Å². The molecule has 34 heavy (non-hydrogen) atoms. The zero-order chi connectivity index (χ0) is 24.4. The van der Waals surface area contributed by atoms with Crippen LogP contribution in [0.3, 0.4) is 0 Å². The van der Waals surface area contributed by atoms with Gasteiger partial charge in [-0.3, -0.25) is 14.4 Å². The van der Waals surface area contributed by atoms with Gasteiger partial charge in [-0.25, -0.2) is 8.91 Å². The van der Waals surface area contributed by atoms with Crippen molar-refractivity contribution in [2.24, 2.45) is 5.41 Å². The van der Waals surface area contributed by atoms with Crippen LogP contribution in [0, 0.1) is 22.6 Å². The number of fused-ring (bicyclic) bond motifs is 4. The summed E-state index contributed by atoms with van der Waals surface area (Å²) in [6.45, 7) is 10.0. The molecule has 9 nitrogen and oxygen atoms in total. The lowest BCUT2D eigenvalue weighted by Crippen LogP contribution is -2.46. The first kappa shape index (κ1) is 22.3. The molecule has 0 saturated carbocycles. The molecule has 0 aromatic carbocycles. The quantitative estimate of drug-likeness (QED) is 0.632. The third-order valence-corrected chi connectivity index (χ3v) is 7.15. The van der Waals surface area contributed by atoms with Gasteiger partial charge in [0.05, 0.1) is 41.3 Å². The Hall–Kier alpha value is -3.45. The van der Waals surface area contributed by atoms with Crippen LogP contribution in [0.25, 0.3) is 5.52 Å². The van der Waals surface area contributed by atoms with Crippen LogP contribution in [0.5, 0.6) is 0 Å². The maximum atomic E-state index is 14.7. The molecule has 3 aromatic heterocycles. The van der Waals surface area contributed by atoms with Gasteiger partial charge in [-0.15, -0.1) is 0 Å². The zero-order valence-corrected chi connectivity index (χ0v) is 19.8. The van der Waals surface area contributed by atoms with E-state index in [1.807, 2.05) is 0 Å². The summed E-state index contributed by atoms with van der Waals surface area (Å²) >= 11 is 0. The van der Waals surface area contributed by atoms with E-state index in [0.29, 0.717) is 37.4 Å². The molecular formula is C24H28FN7O2. The third-order valence-electron chi connectivity index (χ3n) is 7.15. The minimum absolute atomic E-state index is 0.0650. The Balaban J connectivity index is 1.49. The smallest absolute Gasteiger partial charge is 0.310 e. The molecule has 3 aromatic rings. The van der Waals surface area contributed by atoms with Crippen molar-refractivity contribution >= 4 is 17.2 Å². The number of nitrogens with zero attached hydrogens (tertiary/aromatic N) is 7. The van der Waals surface area contributed by atoms with Crippen LogP contribution < -0.4 is 4.90 Å². The minimum Gasteiger partial charge on any atom is -0.481 e. The average molecular weight is 466 g/mol. The lowest BCUT2D eigenvalue weighted by Gasteiger charge is -2.38. The van der Waals surface area contributed by atoms with Gasteiger partial charge in [0.1, 0.15) is 17.3 Å². The summed E-state index contributed by atoms with van der Waals surface area (Å²) in [6, 6.07) is 5.78. The highest BCUT2D eigenvalue weighted by Gasteiger charge is 2.37. The fourth-order valence-electron chi connectivity index (χ4n) is 5.22. The number of pyridine rings is 1. The molecule has 5 heterocycles. The fraction of sp³-hybridized carbons (Fsp3) is 0.500. The Morgan fingerprint density at radius 1 is 1.29 bits per heavy atom. The van der Waals surface area contributed by atoms with Gasteiger partial charge in [0, 0.05) is 31.2 Å². The number of halogens is 1. The summed E-state index contributed by atoms with van der Waals surface area (Å²) in [5, 5.41) is 27.9. The molecule has 2 aliphatic rings. The largest absolute Gasteiger partial charge is 0.481 e. The standard InChI is InChI=1S/C24H28FN7O2/c1-14-7-17-19(11-30(14)13-24(3,4)23(33)34)28-31-15(2)10-29(12-21(17)31)20-6-5-16(8-26)32-22(20)18(25)9-27-32/h5-6,9,14-15H,7,10-13H2,1-4H3,(H,33,34)/t14-,15+/m0/s1. The molecule has 0 unspecified atom stereocenters. The zero-order valence-electron chi connectivity index (χ0n) is 19.8. The Labute approximate surface area is 197 Å². The van der Waals surface area contributed by atoms with Crippen LogP contribution in [-0.4, -0.2) is 54.5 Å². The predicted octanol–water partition coefficient (Wildman–Crippen LogP) is 2.98. The Bertz CT molecular complexity index is 1340. The van der Waals surface area contributed by atoms with Gasteiger partial charge in [-0.05, 0) is 46.2 Å². The lowest BCUT2D eigenvalue weighted by molar-refractivity contribution is -0.148. The van der Waals surface area contributed by atoms with E-state index in [9.17, 15) is 19.6 Å². The summed E-state index contributed by atoms with van der Waals surface area (Å²) in [7, 11) is 0. The van der Waals surface area contributed by atoms with Crippen molar-refractivity contribution in [3.8, 4) is 6.07 Å². The first-order chi connectivity index (χ1) is 16.1. The summed E-state index contributed by atoms with van der Waals surface area (Å²) in [4.78, 5) is 16.0. The maximum absolute atomic E-state index is 14.7. The van der Waals surface area contributed by atoms with Crippen molar-refractivity contribution in [2.75, 3.05) is 18.0 Å². The van der Waals surface area contributed by atoms with Gasteiger partial charge in [0.2, 0.25) is 0 Å². The van der Waals surface area contributed by atoms with E-state index in [0.717, 1.165) is 24.0 Å². The van der Waals surface area contributed by atoms with E-state index in [2.05, 4.69) is 39.5 Å². The molecule has 0 fully saturated rings. The maximum Gasteiger partial charge on any atom is 0.310 e. The number of aliphatic carboxylic acids is 1.